The summed E-state index contributed by atoms with van der Waals surface area (Å²) >= 11 is 0. The van der Waals surface area contributed by atoms with Crippen LogP contribution in [0.2, 0.25) is 0 Å². The zero-order valence-electron chi connectivity index (χ0n) is 11.3. The molecule has 1 unspecified atom stereocenters. The summed E-state index contributed by atoms with van der Waals surface area (Å²) in [6.07, 6.45) is 0. The summed E-state index contributed by atoms with van der Waals surface area (Å²) in [6.45, 7) is 5.06. The molecule has 0 aliphatic rings. The first kappa shape index (κ1) is 12.7. The lowest BCUT2D eigenvalue weighted by atomic mass is 9.92. The molecule has 0 bridgehead atoms. The Balaban J connectivity index is 2.45. The number of benzene rings is 1. The molecule has 5 heteroatoms. The molecular formula is C13H19N5. The highest BCUT2D eigenvalue weighted by atomic mass is 15.5. The van der Waals surface area contributed by atoms with Crippen LogP contribution >= 0.6 is 0 Å². The van der Waals surface area contributed by atoms with Crippen LogP contribution in [0.1, 0.15) is 28.4 Å². The number of hydrogen-bond donors (Lipinski definition) is 1. The van der Waals surface area contributed by atoms with Crippen LogP contribution in [0.4, 0.5) is 0 Å². The minimum atomic E-state index is 0.176. The normalized spacial score (nSPS) is 12.7. The third-order valence-electron chi connectivity index (χ3n) is 3.17. The smallest absolute Gasteiger partial charge is 0.159 e. The summed E-state index contributed by atoms with van der Waals surface area (Å²) in [5.74, 6) is 1.06. The molecule has 0 saturated heterocycles. The average Bonchev–Trinajstić information content (AvgIpc) is 2.73. The molecular weight excluding hydrogens is 226 g/mol. The largest absolute Gasteiger partial charge is 0.319 e. The van der Waals surface area contributed by atoms with Gasteiger partial charge in [0, 0.05) is 13.6 Å². The predicted octanol–water partition coefficient (Wildman–Crippen LogP) is 1.18. The minimum absolute atomic E-state index is 0.176. The van der Waals surface area contributed by atoms with Crippen molar-refractivity contribution in [2.45, 2.75) is 19.8 Å². The Morgan fingerprint density at radius 2 is 2.11 bits per heavy atom. The SMILES string of the molecule is CNCC(c1ccc(C)cc1C)c1nnnn1C. The van der Waals surface area contributed by atoms with Crippen molar-refractivity contribution in [3.63, 3.8) is 0 Å². The molecule has 1 atom stereocenters. The van der Waals surface area contributed by atoms with Gasteiger partial charge in [-0.15, -0.1) is 5.10 Å². The number of rotatable bonds is 4. The first-order chi connectivity index (χ1) is 8.63. The molecule has 1 aromatic carbocycles. The molecule has 2 aromatic rings. The number of hydrogen-bond acceptors (Lipinski definition) is 4. The Morgan fingerprint density at radius 1 is 1.33 bits per heavy atom. The first-order valence-corrected chi connectivity index (χ1v) is 6.07. The number of aromatic nitrogens is 4. The summed E-state index contributed by atoms with van der Waals surface area (Å²) in [5.41, 5.74) is 3.82. The fraction of sp³-hybridized carbons (Fsp3) is 0.462. The van der Waals surface area contributed by atoms with Crippen LogP contribution in [-0.4, -0.2) is 33.8 Å². The van der Waals surface area contributed by atoms with Crippen molar-refractivity contribution in [2.24, 2.45) is 7.05 Å². The molecule has 5 nitrogen and oxygen atoms in total. The van der Waals surface area contributed by atoms with Gasteiger partial charge >= 0.3 is 0 Å². The van der Waals surface area contributed by atoms with Gasteiger partial charge in [0.25, 0.3) is 0 Å². The van der Waals surface area contributed by atoms with Crippen LogP contribution in [0.25, 0.3) is 0 Å². The average molecular weight is 245 g/mol. The lowest BCUT2D eigenvalue weighted by Crippen LogP contribution is -2.22. The van der Waals surface area contributed by atoms with E-state index in [1.807, 2.05) is 14.1 Å². The van der Waals surface area contributed by atoms with Gasteiger partial charge in [-0.1, -0.05) is 23.8 Å². The summed E-state index contributed by atoms with van der Waals surface area (Å²) in [6, 6.07) is 6.50. The highest BCUT2D eigenvalue weighted by Crippen LogP contribution is 2.25. The van der Waals surface area contributed by atoms with Crippen molar-refractivity contribution >= 4 is 0 Å². The van der Waals surface area contributed by atoms with E-state index in [-0.39, 0.29) is 5.92 Å². The van der Waals surface area contributed by atoms with E-state index >= 15 is 0 Å². The van der Waals surface area contributed by atoms with E-state index in [1.165, 1.54) is 16.7 Å². The molecule has 1 N–H and O–H groups in total. The van der Waals surface area contributed by atoms with E-state index in [0.717, 1.165) is 12.4 Å². The van der Waals surface area contributed by atoms with Crippen LogP contribution < -0.4 is 5.32 Å². The topological polar surface area (TPSA) is 55.6 Å². The Bertz CT molecular complexity index is 532. The van der Waals surface area contributed by atoms with Crippen LogP contribution in [0.5, 0.6) is 0 Å². The second kappa shape index (κ2) is 5.27. The minimum Gasteiger partial charge on any atom is -0.319 e. The zero-order chi connectivity index (χ0) is 13.1. The molecule has 0 saturated carbocycles. The van der Waals surface area contributed by atoms with Crippen molar-refractivity contribution in [3.8, 4) is 0 Å². The second-order valence-electron chi connectivity index (χ2n) is 4.63. The lowest BCUT2D eigenvalue weighted by Gasteiger charge is -2.18. The van der Waals surface area contributed by atoms with Gasteiger partial charge < -0.3 is 5.32 Å². The molecule has 1 aromatic heterocycles. The fourth-order valence-electron chi connectivity index (χ4n) is 2.29. The standard InChI is InChI=1S/C13H19N5/c1-9-5-6-11(10(2)7-9)12(8-14-3)13-15-16-17-18(13)4/h5-7,12,14H,8H2,1-4H3. The molecule has 0 radical (unpaired) electrons. The number of nitrogens with zero attached hydrogens (tertiary/aromatic N) is 4. The molecule has 0 amide bonds. The highest BCUT2D eigenvalue weighted by Gasteiger charge is 2.20. The Labute approximate surface area is 107 Å². The van der Waals surface area contributed by atoms with Crippen molar-refractivity contribution in [2.75, 3.05) is 13.6 Å². The second-order valence-corrected chi connectivity index (χ2v) is 4.63. The van der Waals surface area contributed by atoms with Crippen LogP contribution in [0, 0.1) is 13.8 Å². The monoisotopic (exact) mass is 245 g/mol. The maximum Gasteiger partial charge on any atom is 0.159 e. The van der Waals surface area contributed by atoms with Gasteiger partial charge in [-0.2, -0.15) is 0 Å². The fourth-order valence-corrected chi connectivity index (χ4v) is 2.29. The van der Waals surface area contributed by atoms with Crippen molar-refractivity contribution in [3.05, 3.63) is 40.7 Å². The van der Waals surface area contributed by atoms with Gasteiger partial charge in [0.05, 0.1) is 5.92 Å². The summed E-state index contributed by atoms with van der Waals surface area (Å²) in [5, 5.41) is 15.0. The van der Waals surface area contributed by atoms with E-state index in [1.54, 1.807) is 4.68 Å². The highest BCUT2D eigenvalue weighted by molar-refractivity contribution is 5.36. The van der Waals surface area contributed by atoms with Crippen molar-refractivity contribution in [1.82, 2.24) is 25.5 Å². The molecule has 0 spiro atoms. The molecule has 0 fully saturated rings. The van der Waals surface area contributed by atoms with Gasteiger partial charge in [-0.3, -0.25) is 0 Å². The molecule has 18 heavy (non-hydrogen) atoms. The van der Waals surface area contributed by atoms with Gasteiger partial charge in [0.15, 0.2) is 5.82 Å². The van der Waals surface area contributed by atoms with Gasteiger partial charge in [-0.25, -0.2) is 4.68 Å². The quantitative estimate of drug-likeness (QED) is 0.878. The van der Waals surface area contributed by atoms with Gasteiger partial charge in [-0.05, 0) is 42.4 Å². The Hall–Kier alpha value is -1.75. The molecule has 2 rings (SSSR count). The van der Waals surface area contributed by atoms with Crippen LogP contribution in [-0.2, 0) is 7.05 Å². The molecule has 0 aliphatic heterocycles. The van der Waals surface area contributed by atoms with Crippen molar-refractivity contribution < 1.29 is 0 Å². The van der Waals surface area contributed by atoms with Gasteiger partial charge in [0.2, 0.25) is 0 Å². The summed E-state index contributed by atoms with van der Waals surface area (Å²) < 4.78 is 1.74. The molecule has 1 heterocycles. The number of likely N-dealkylation sites (N-methyl/N-ethyl adjacent to an activating group) is 1. The molecule has 0 aliphatic carbocycles. The van der Waals surface area contributed by atoms with E-state index in [2.05, 4.69) is 52.9 Å². The van der Waals surface area contributed by atoms with E-state index in [0.29, 0.717) is 0 Å². The first-order valence-electron chi connectivity index (χ1n) is 6.07. The van der Waals surface area contributed by atoms with Crippen LogP contribution in [0.3, 0.4) is 0 Å². The lowest BCUT2D eigenvalue weighted by molar-refractivity contribution is 0.610. The Kier molecular flexibility index (Phi) is 3.72. The third kappa shape index (κ3) is 2.41. The summed E-state index contributed by atoms with van der Waals surface area (Å²) in [7, 11) is 3.82. The van der Waals surface area contributed by atoms with Gasteiger partial charge in [0.1, 0.15) is 0 Å². The maximum absolute atomic E-state index is 4.14. The zero-order valence-corrected chi connectivity index (χ0v) is 11.3. The number of aryl methyl sites for hydroxylation is 3. The van der Waals surface area contributed by atoms with E-state index < -0.39 is 0 Å². The predicted molar refractivity (Wildman–Crippen MR) is 70.5 cm³/mol. The Morgan fingerprint density at radius 3 is 2.67 bits per heavy atom. The number of nitrogens with one attached hydrogen (secondary N) is 1. The number of tetrazole rings is 1. The summed E-state index contributed by atoms with van der Waals surface area (Å²) in [4.78, 5) is 0. The third-order valence-corrected chi connectivity index (χ3v) is 3.17. The van der Waals surface area contributed by atoms with Crippen LogP contribution in [0.15, 0.2) is 18.2 Å². The van der Waals surface area contributed by atoms with Crippen molar-refractivity contribution in [1.29, 1.82) is 0 Å². The maximum atomic E-state index is 4.14. The van der Waals surface area contributed by atoms with E-state index in [4.69, 9.17) is 0 Å². The van der Waals surface area contributed by atoms with E-state index in [9.17, 15) is 0 Å². The molecule has 96 valence electrons.